The minimum absolute atomic E-state index is 0.186. The molecule has 2 aromatic carbocycles. The molecule has 0 saturated carbocycles. The van der Waals surface area contributed by atoms with Gasteiger partial charge in [0.15, 0.2) is 11.6 Å². The number of anilines is 1. The Balaban J connectivity index is 1.39. The number of hydrogen-bond donors (Lipinski definition) is 1. The summed E-state index contributed by atoms with van der Waals surface area (Å²) < 4.78 is 2.09. The van der Waals surface area contributed by atoms with Crippen molar-refractivity contribution >= 4 is 23.2 Å². The number of likely N-dealkylation sites (tertiary alicyclic amines) is 1. The molecule has 0 unspecified atom stereocenters. The molecule has 2 heterocycles. The van der Waals surface area contributed by atoms with Crippen LogP contribution < -0.4 is 5.32 Å². The molecule has 1 fully saturated rings. The van der Waals surface area contributed by atoms with Gasteiger partial charge in [-0.3, -0.25) is 19.3 Å². The van der Waals surface area contributed by atoms with Crippen molar-refractivity contribution in [2.75, 3.05) is 18.4 Å². The second-order valence-electron chi connectivity index (χ2n) is 8.15. The van der Waals surface area contributed by atoms with Crippen LogP contribution in [0.5, 0.6) is 0 Å². The number of nitrogens with one attached hydrogen (secondary N) is 1. The maximum absolute atomic E-state index is 13.1. The normalized spacial score (nSPS) is 18.0. The molecule has 1 N–H and O–H groups in total. The fourth-order valence-electron chi connectivity index (χ4n) is 4.79. The van der Waals surface area contributed by atoms with Crippen LogP contribution in [0.1, 0.15) is 56.4 Å². The van der Waals surface area contributed by atoms with Gasteiger partial charge >= 0.3 is 0 Å². The van der Waals surface area contributed by atoms with Crippen molar-refractivity contribution in [2.45, 2.75) is 18.9 Å². The maximum Gasteiger partial charge on any atom is 0.238 e. The van der Waals surface area contributed by atoms with Gasteiger partial charge in [-0.2, -0.15) is 0 Å². The van der Waals surface area contributed by atoms with E-state index < -0.39 is 0 Å². The van der Waals surface area contributed by atoms with Gasteiger partial charge in [-0.05, 0) is 37.6 Å². The van der Waals surface area contributed by atoms with Gasteiger partial charge in [-0.25, -0.2) is 0 Å². The van der Waals surface area contributed by atoms with E-state index in [0.29, 0.717) is 22.4 Å². The van der Waals surface area contributed by atoms with E-state index in [2.05, 4.69) is 20.9 Å². The Hall–Kier alpha value is -3.51. The van der Waals surface area contributed by atoms with Crippen LogP contribution in [0.25, 0.3) is 0 Å². The molecule has 0 spiro atoms. The number of hydrogen-bond acceptors (Lipinski definition) is 4. The molecule has 6 heteroatoms. The molecule has 1 amide bonds. The van der Waals surface area contributed by atoms with Crippen LogP contribution in [-0.2, 0) is 11.8 Å². The van der Waals surface area contributed by atoms with E-state index in [-0.39, 0.29) is 35.6 Å². The van der Waals surface area contributed by atoms with Crippen LogP contribution in [-0.4, -0.2) is 40.0 Å². The molecule has 0 radical (unpaired) electrons. The lowest BCUT2D eigenvalue weighted by Crippen LogP contribution is -2.34. The topological polar surface area (TPSA) is 71.4 Å². The average molecular weight is 413 g/mol. The molecule has 156 valence electrons. The highest BCUT2D eigenvalue weighted by Crippen LogP contribution is 2.33. The van der Waals surface area contributed by atoms with Crippen LogP contribution in [0.3, 0.4) is 0 Å². The number of nitrogens with zero attached hydrogens (tertiary/aromatic N) is 2. The number of benzene rings is 2. The number of carbonyl (C=O) groups excluding carboxylic acids is 3. The molecule has 2 aliphatic rings. The number of rotatable bonds is 4. The second-order valence-corrected chi connectivity index (χ2v) is 8.15. The Bertz CT molecular complexity index is 1210. The maximum atomic E-state index is 13.1. The van der Waals surface area contributed by atoms with Gasteiger partial charge in [0, 0.05) is 35.6 Å². The second kappa shape index (κ2) is 7.63. The van der Waals surface area contributed by atoms with E-state index in [1.807, 2.05) is 19.3 Å². The Morgan fingerprint density at radius 1 is 0.968 bits per heavy atom. The summed E-state index contributed by atoms with van der Waals surface area (Å²) in [5, 5.41) is 2.90. The van der Waals surface area contributed by atoms with E-state index in [4.69, 9.17) is 0 Å². The first-order chi connectivity index (χ1) is 15.0. The van der Waals surface area contributed by atoms with E-state index in [9.17, 15) is 14.4 Å². The summed E-state index contributed by atoms with van der Waals surface area (Å²) in [5.41, 5.74) is 2.99. The highest BCUT2D eigenvalue weighted by atomic mass is 16.2. The van der Waals surface area contributed by atoms with Crippen LogP contribution in [0.4, 0.5) is 5.69 Å². The van der Waals surface area contributed by atoms with Crippen molar-refractivity contribution in [3.05, 3.63) is 88.7 Å². The quantitative estimate of drug-likeness (QED) is 0.555. The van der Waals surface area contributed by atoms with Gasteiger partial charge in [-0.1, -0.05) is 36.4 Å². The molecular weight excluding hydrogens is 390 g/mol. The Morgan fingerprint density at radius 3 is 2.45 bits per heavy atom. The first-order valence-corrected chi connectivity index (χ1v) is 10.5. The van der Waals surface area contributed by atoms with Crippen molar-refractivity contribution in [1.82, 2.24) is 9.47 Å². The Labute approximate surface area is 180 Å². The van der Waals surface area contributed by atoms with Crippen molar-refractivity contribution in [3.8, 4) is 0 Å². The summed E-state index contributed by atoms with van der Waals surface area (Å²) in [7, 11) is 2.02. The fraction of sp³-hybridized carbons (Fsp3) is 0.240. The van der Waals surface area contributed by atoms with Gasteiger partial charge in [0.25, 0.3) is 0 Å². The van der Waals surface area contributed by atoms with E-state index in [1.165, 1.54) is 5.69 Å². The van der Waals surface area contributed by atoms with Gasteiger partial charge in [-0.15, -0.1) is 0 Å². The van der Waals surface area contributed by atoms with Crippen molar-refractivity contribution in [2.24, 2.45) is 7.05 Å². The summed E-state index contributed by atoms with van der Waals surface area (Å²) >= 11 is 0. The van der Waals surface area contributed by atoms with Gasteiger partial charge in [0.1, 0.15) is 0 Å². The molecule has 5 rings (SSSR count). The summed E-state index contributed by atoms with van der Waals surface area (Å²) in [6.07, 6.45) is 4.06. The van der Waals surface area contributed by atoms with Gasteiger partial charge in [0.05, 0.1) is 23.8 Å². The van der Waals surface area contributed by atoms with Gasteiger partial charge < -0.3 is 9.88 Å². The first-order valence-electron chi connectivity index (χ1n) is 10.5. The number of fused-ring (bicyclic) bond motifs is 2. The average Bonchev–Trinajstić information content (AvgIpc) is 3.40. The summed E-state index contributed by atoms with van der Waals surface area (Å²) in [4.78, 5) is 41.1. The highest BCUT2D eigenvalue weighted by Gasteiger charge is 2.33. The SMILES string of the molecule is Cn1cccc1[C@@H]1CCCN1CC(=O)Nc1cccc2c1C(=O)c1ccccc1C2=O. The number of aryl methyl sites for hydroxylation is 1. The van der Waals surface area contributed by atoms with Crippen LogP contribution in [0.15, 0.2) is 60.8 Å². The van der Waals surface area contributed by atoms with Gasteiger partial charge in [0.2, 0.25) is 5.91 Å². The monoisotopic (exact) mass is 413 g/mol. The zero-order chi connectivity index (χ0) is 21.5. The first kappa shape index (κ1) is 19.5. The molecule has 31 heavy (non-hydrogen) atoms. The minimum atomic E-state index is -0.232. The fourth-order valence-corrected chi connectivity index (χ4v) is 4.79. The number of aromatic nitrogens is 1. The third kappa shape index (κ3) is 3.29. The van der Waals surface area contributed by atoms with Crippen molar-refractivity contribution in [1.29, 1.82) is 0 Å². The lowest BCUT2D eigenvalue weighted by atomic mass is 9.83. The molecule has 0 bridgehead atoms. The highest BCUT2D eigenvalue weighted by molar-refractivity contribution is 6.30. The van der Waals surface area contributed by atoms with Crippen LogP contribution >= 0.6 is 0 Å². The summed E-state index contributed by atoms with van der Waals surface area (Å²) in [5.74, 6) is -0.609. The minimum Gasteiger partial charge on any atom is -0.353 e. The Kier molecular flexibility index (Phi) is 4.79. The number of carbonyl (C=O) groups is 3. The van der Waals surface area contributed by atoms with Crippen LogP contribution in [0.2, 0.25) is 0 Å². The summed E-state index contributed by atoms with van der Waals surface area (Å²) in [6, 6.07) is 16.2. The Morgan fingerprint density at radius 2 is 1.71 bits per heavy atom. The molecule has 3 aromatic rings. The van der Waals surface area contributed by atoms with E-state index in [1.54, 1.807) is 42.5 Å². The molecule has 1 aromatic heterocycles. The summed E-state index contributed by atoms with van der Waals surface area (Å²) in [6.45, 7) is 1.08. The zero-order valence-electron chi connectivity index (χ0n) is 17.3. The van der Waals surface area contributed by atoms with Crippen LogP contribution in [0, 0.1) is 0 Å². The predicted octanol–water partition coefficient (Wildman–Crippen LogP) is 3.58. The lowest BCUT2D eigenvalue weighted by molar-refractivity contribution is -0.117. The standard InChI is InChI=1S/C25H23N3O3/c1-27-13-5-11-20(27)21-12-6-14-28(21)15-22(29)26-19-10-4-9-18-23(19)25(31)17-8-3-2-7-16(17)24(18)30/h2-5,7-11,13,21H,6,12,14-15H2,1H3,(H,26,29)/t21-/m0/s1. The van der Waals surface area contributed by atoms with E-state index in [0.717, 1.165) is 19.4 Å². The smallest absolute Gasteiger partial charge is 0.238 e. The third-order valence-electron chi connectivity index (χ3n) is 6.26. The molecule has 1 saturated heterocycles. The van der Waals surface area contributed by atoms with E-state index >= 15 is 0 Å². The largest absolute Gasteiger partial charge is 0.353 e. The number of ketones is 2. The number of amides is 1. The molecule has 6 nitrogen and oxygen atoms in total. The third-order valence-corrected chi connectivity index (χ3v) is 6.26. The zero-order valence-corrected chi connectivity index (χ0v) is 17.3. The van der Waals surface area contributed by atoms with Crippen molar-refractivity contribution in [3.63, 3.8) is 0 Å². The van der Waals surface area contributed by atoms with Crippen molar-refractivity contribution < 1.29 is 14.4 Å². The lowest BCUT2D eigenvalue weighted by Gasteiger charge is -2.25. The molecule has 1 atom stereocenters. The molecule has 1 aliphatic carbocycles. The molecule has 1 aliphatic heterocycles. The molecular formula is C25H23N3O3. The predicted molar refractivity (Wildman–Crippen MR) is 117 cm³/mol.